The van der Waals surface area contributed by atoms with Gasteiger partial charge in [-0.3, -0.25) is 0 Å². The van der Waals surface area contributed by atoms with Gasteiger partial charge in [-0.05, 0) is 35.6 Å². The smallest absolute Gasteiger partial charge is 0.328 e. The summed E-state index contributed by atoms with van der Waals surface area (Å²) in [5.74, 6) is -2.81. The van der Waals surface area contributed by atoms with Gasteiger partial charge in [-0.1, -0.05) is 6.07 Å². The molecule has 0 radical (unpaired) electrons. The fourth-order valence-electron chi connectivity index (χ4n) is 1.83. The van der Waals surface area contributed by atoms with Crippen LogP contribution in [0.25, 0.3) is 5.57 Å². The summed E-state index contributed by atoms with van der Waals surface area (Å²) < 4.78 is 26.1. The van der Waals surface area contributed by atoms with Crippen molar-refractivity contribution in [1.82, 2.24) is 0 Å². The van der Waals surface area contributed by atoms with E-state index in [1.54, 1.807) is 0 Å². The number of allylic oxidation sites excluding steroid dienone is 1. The van der Waals surface area contributed by atoms with E-state index < -0.39 is 17.6 Å². The van der Waals surface area contributed by atoms with Crippen LogP contribution in [0.15, 0.2) is 18.2 Å². The molecular formula is C11H8F2O2. The van der Waals surface area contributed by atoms with Gasteiger partial charge in [-0.2, -0.15) is 0 Å². The van der Waals surface area contributed by atoms with E-state index in [1.807, 2.05) is 0 Å². The van der Waals surface area contributed by atoms with Crippen molar-refractivity contribution in [2.45, 2.75) is 12.8 Å². The lowest BCUT2D eigenvalue weighted by Gasteiger charge is -2.01. The summed E-state index contributed by atoms with van der Waals surface area (Å²) in [5, 5.41) is 8.58. The number of aliphatic carboxylic acids is 1. The van der Waals surface area contributed by atoms with Crippen molar-refractivity contribution in [1.29, 1.82) is 0 Å². The summed E-state index contributed by atoms with van der Waals surface area (Å²) in [4.78, 5) is 10.5. The van der Waals surface area contributed by atoms with Crippen LogP contribution >= 0.6 is 0 Å². The molecule has 0 bridgehead atoms. The number of hydrogen-bond acceptors (Lipinski definition) is 1. The van der Waals surface area contributed by atoms with Crippen molar-refractivity contribution in [3.05, 3.63) is 41.0 Å². The minimum Gasteiger partial charge on any atom is -0.478 e. The summed E-state index contributed by atoms with van der Waals surface area (Å²) in [6, 6.07) is 2.45. The highest BCUT2D eigenvalue weighted by atomic mass is 19.2. The molecule has 15 heavy (non-hydrogen) atoms. The van der Waals surface area contributed by atoms with Gasteiger partial charge < -0.3 is 5.11 Å². The molecule has 1 aromatic rings. The molecule has 4 heteroatoms. The molecule has 0 atom stereocenters. The third-order valence-corrected chi connectivity index (χ3v) is 2.48. The second-order valence-corrected chi connectivity index (χ2v) is 3.40. The molecule has 0 heterocycles. The van der Waals surface area contributed by atoms with Crippen LogP contribution < -0.4 is 0 Å². The van der Waals surface area contributed by atoms with Gasteiger partial charge in [-0.15, -0.1) is 0 Å². The lowest BCUT2D eigenvalue weighted by Crippen LogP contribution is -1.93. The van der Waals surface area contributed by atoms with Crippen LogP contribution in [0.5, 0.6) is 0 Å². The number of carbonyl (C=O) groups is 1. The molecule has 0 aromatic heterocycles. The molecule has 1 N–H and O–H groups in total. The maximum atomic E-state index is 13.3. The highest BCUT2D eigenvalue weighted by Gasteiger charge is 2.22. The first kappa shape index (κ1) is 9.83. The second-order valence-electron chi connectivity index (χ2n) is 3.40. The normalized spacial score (nSPS) is 16.8. The van der Waals surface area contributed by atoms with Crippen LogP contribution in [0.1, 0.15) is 17.5 Å². The zero-order valence-corrected chi connectivity index (χ0v) is 7.76. The number of carboxylic acids is 1. The lowest BCUT2D eigenvalue weighted by molar-refractivity contribution is -0.131. The summed E-state index contributed by atoms with van der Waals surface area (Å²) in [6.45, 7) is 0. The van der Waals surface area contributed by atoms with E-state index in [0.29, 0.717) is 24.0 Å². The molecule has 78 valence electrons. The Labute approximate surface area is 84.8 Å². The Morgan fingerprint density at radius 3 is 2.73 bits per heavy atom. The van der Waals surface area contributed by atoms with Gasteiger partial charge in [0.15, 0.2) is 11.6 Å². The Morgan fingerprint density at radius 2 is 2.07 bits per heavy atom. The standard InChI is InChI=1S/C11H8F2O2/c12-9-4-3-7-6(5-10(14)15)1-2-8(7)11(9)13/h3-5H,1-2H2,(H,14,15)/b6-5-. The SMILES string of the molecule is O=C(O)/C=C1/CCc2c1ccc(F)c2F. The second kappa shape index (κ2) is 3.46. The van der Waals surface area contributed by atoms with E-state index in [2.05, 4.69) is 0 Å². The molecule has 0 amide bonds. The van der Waals surface area contributed by atoms with Crippen LogP contribution in [0.2, 0.25) is 0 Å². The van der Waals surface area contributed by atoms with Crippen LogP contribution in [-0.4, -0.2) is 11.1 Å². The zero-order valence-electron chi connectivity index (χ0n) is 7.76. The number of fused-ring (bicyclic) bond motifs is 1. The highest BCUT2D eigenvalue weighted by molar-refractivity contribution is 5.91. The van der Waals surface area contributed by atoms with Crippen molar-refractivity contribution < 1.29 is 18.7 Å². The molecule has 0 saturated heterocycles. The van der Waals surface area contributed by atoms with Crippen molar-refractivity contribution in [2.75, 3.05) is 0 Å². The maximum absolute atomic E-state index is 13.3. The van der Waals surface area contributed by atoms with E-state index in [0.717, 1.165) is 12.1 Å². The van der Waals surface area contributed by atoms with Gasteiger partial charge in [0, 0.05) is 6.08 Å². The first-order valence-corrected chi connectivity index (χ1v) is 4.50. The molecular weight excluding hydrogens is 202 g/mol. The van der Waals surface area contributed by atoms with Gasteiger partial charge in [-0.25, -0.2) is 13.6 Å². The van der Waals surface area contributed by atoms with E-state index in [4.69, 9.17) is 5.11 Å². The van der Waals surface area contributed by atoms with Gasteiger partial charge in [0.05, 0.1) is 0 Å². The third kappa shape index (κ3) is 1.63. The first-order chi connectivity index (χ1) is 7.09. The Morgan fingerprint density at radius 1 is 1.33 bits per heavy atom. The van der Waals surface area contributed by atoms with E-state index in [-0.39, 0.29) is 5.56 Å². The average Bonchev–Trinajstić information content (AvgIpc) is 2.55. The molecule has 2 rings (SSSR count). The predicted octanol–water partition coefficient (Wildman–Crippen LogP) is 2.38. The zero-order chi connectivity index (χ0) is 11.0. The molecule has 0 aliphatic heterocycles. The van der Waals surface area contributed by atoms with Crippen molar-refractivity contribution in [2.24, 2.45) is 0 Å². The summed E-state index contributed by atoms with van der Waals surface area (Å²) in [6.07, 6.45) is 1.85. The fraction of sp³-hybridized carbons (Fsp3) is 0.182. The van der Waals surface area contributed by atoms with Crippen LogP contribution in [0, 0.1) is 11.6 Å². The molecule has 1 aliphatic carbocycles. The number of halogens is 2. The highest BCUT2D eigenvalue weighted by Crippen LogP contribution is 2.34. The Kier molecular flexibility index (Phi) is 2.26. The Bertz CT molecular complexity index is 464. The molecule has 0 fully saturated rings. The number of hydrogen-bond donors (Lipinski definition) is 1. The minimum atomic E-state index is -1.07. The molecule has 1 aliphatic rings. The Hall–Kier alpha value is -1.71. The third-order valence-electron chi connectivity index (χ3n) is 2.48. The average molecular weight is 210 g/mol. The van der Waals surface area contributed by atoms with Crippen molar-refractivity contribution in [3.8, 4) is 0 Å². The summed E-state index contributed by atoms with van der Waals surface area (Å²) >= 11 is 0. The van der Waals surface area contributed by atoms with Gasteiger partial charge in [0.25, 0.3) is 0 Å². The quantitative estimate of drug-likeness (QED) is 0.722. The molecule has 0 spiro atoms. The molecule has 0 saturated carbocycles. The monoisotopic (exact) mass is 210 g/mol. The molecule has 1 aromatic carbocycles. The molecule has 2 nitrogen and oxygen atoms in total. The van der Waals surface area contributed by atoms with Gasteiger partial charge in [0.2, 0.25) is 0 Å². The predicted molar refractivity (Wildman–Crippen MR) is 50.3 cm³/mol. The largest absolute Gasteiger partial charge is 0.478 e. The fourth-order valence-corrected chi connectivity index (χ4v) is 1.83. The minimum absolute atomic E-state index is 0.280. The summed E-state index contributed by atoms with van der Waals surface area (Å²) in [7, 11) is 0. The van der Waals surface area contributed by atoms with Gasteiger partial charge >= 0.3 is 5.97 Å². The molecule has 0 unspecified atom stereocenters. The van der Waals surface area contributed by atoms with Gasteiger partial charge in [0.1, 0.15) is 0 Å². The van der Waals surface area contributed by atoms with Crippen LogP contribution in [0.3, 0.4) is 0 Å². The number of rotatable bonds is 1. The van der Waals surface area contributed by atoms with Crippen LogP contribution in [-0.2, 0) is 11.2 Å². The summed E-state index contributed by atoms with van der Waals surface area (Å²) in [5.41, 5.74) is 1.34. The topological polar surface area (TPSA) is 37.3 Å². The van der Waals surface area contributed by atoms with Crippen molar-refractivity contribution >= 4 is 11.5 Å². The Balaban J connectivity index is 2.54. The number of carboxylic acid groups (broad SMARTS) is 1. The van der Waals surface area contributed by atoms with E-state index in [1.165, 1.54) is 6.07 Å². The van der Waals surface area contributed by atoms with Crippen molar-refractivity contribution in [3.63, 3.8) is 0 Å². The van der Waals surface area contributed by atoms with E-state index >= 15 is 0 Å². The number of benzene rings is 1. The van der Waals surface area contributed by atoms with Crippen LogP contribution in [0.4, 0.5) is 8.78 Å². The lowest BCUT2D eigenvalue weighted by atomic mass is 10.1. The first-order valence-electron chi connectivity index (χ1n) is 4.50. The maximum Gasteiger partial charge on any atom is 0.328 e. The van der Waals surface area contributed by atoms with E-state index in [9.17, 15) is 13.6 Å².